The summed E-state index contributed by atoms with van der Waals surface area (Å²) < 4.78 is 1.50. The summed E-state index contributed by atoms with van der Waals surface area (Å²) >= 11 is 0. The summed E-state index contributed by atoms with van der Waals surface area (Å²) in [7, 11) is 0. The summed E-state index contributed by atoms with van der Waals surface area (Å²) in [5.41, 5.74) is 1.72. The van der Waals surface area contributed by atoms with Crippen LogP contribution in [-0.4, -0.2) is 9.78 Å². The maximum atomic E-state index is 8.82. The Bertz CT molecular complexity index is 569. The van der Waals surface area contributed by atoms with Crippen molar-refractivity contribution >= 4 is 0 Å². The first kappa shape index (κ1) is 8.98. The lowest BCUT2D eigenvalue weighted by Gasteiger charge is -2.02. The second-order valence-electron chi connectivity index (χ2n) is 2.90. The lowest BCUT2D eigenvalue weighted by Crippen LogP contribution is -1.99. The third-order valence-corrected chi connectivity index (χ3v) is 1.98. The molecule has 0 amide bonds. The molecule has 2 rings (SSSR count). The molecule has 0 saturated heterocycles. The van der Waals surface area contributed by atoms with Crippen molar-refractivity contribution in [2.75, 3.05) is 0 Å². The van der Waals surface area contributed by atoms with Crippen molar-refractivity contribution in [3.8, 4) is 17.8 Å². The minimum atomic E-state index is 0.449. The van der Waals surface area contributed by atoms with Crippen LogP contribution in [0.15, 0.2) is 36.5 Å². The Morgan fingerprint density at radius 1 is 1.13 bits per heavy atom. The molecule has 1 aromatic heterocycles. The van der Waals surface area contributed by atoms with Gasteiger partial charge in [0.1, 0.15) is 11.8 Å². The van der Waals surface area contributed by atoms with Crippen molar-refractivity contribution in [2.45, 2.75) is 0 Å². The quantitative estimate of drug-likeness (QED) is 0.692. The number of aromatic nitrogens is 2. The van der Waals surface area contributed by atoms with Gasteiger partial charge in [0.25, 0.3) is 0 Å². The van der Waals surface area contributed by atoms with E-state index in [0.29, 0.717) is 11.3 Å². The standard InChI is InChI=1S/C11H6N4/c12-7-9-2-1-3-10(6-9)15-11(8-13)4-5-14-15/h1-6H. The Morgan fingerprint density at radius 2 is 2.00 bits per heavy atom. The highest BCUT2D eigenvalue weighted by Crippen LogP contribution is 2.11. The van der Waals surface area contributed by atoms with Crippen LogP contribution >= 0.6 is 0 Å². The van der Waals surface area contributed by atoms with Crippen LogP contribution in [0.1, 0.15) is 11.3 Å². The van der Waals surface area contributed by atoms with Gasteiger partial charge < -0.3 is 0 Å². The number of benzene rings is 1. The molecule has 0 N–H and O–H groups in total. The van der Waals surface area contributed by atoms with E-state index in [0.717, 1.165) is 5.69 Å². The maximum absolute atomic E-state index is 8.82. The van der Waals surface area contributed by atoms with E-state index in [9.17, 15) is 0 Å². The van der Waals surface area contributed by atoms with Gasteiger partial charge in [-0.2, -0.15) is 15.6 Å². The van der Waals surface area contributed by atoms with E-state index in [1.54, 1.807) is 36.5 Å². The van der Waals surface area contributed by atoms with Gasteiger partial charge in [-0.25, -0.2) is 4.68 Å². The minimum Gasteiger partial charge on any atom is -0.223 e. The van der Waals surface area contributed by atoms with Crippen LogP contribution in [0.5, 0.6) is 0 Å². The maximum Gasteiger partial charge on any atom is 0.144 e. The van der Waals surface area contributed by atoms with Crippen LogP contribution in [-0.2, 0) is 0 Å². The summed E-state index contributed by atoms with van der Waals surface area (Å²) in [6.07, 6.45) is 1.55. The van der Waals surface area contributed by atoms with Gasteiger partial charge in [-0.05, 0) is 24.3 Å². The summed E-state index contributed by atoms with van der Waals surface area (Å²) in [4.78, 5) is 0. The highest BCUT2D eigenvalue weighted by Gasteiger charge is 2.03. The molecule has 0 aliphatic rings. The highest BCUT2D eigenvalue weighted by molar-refractivity contribution is 5.43. The fourth-order valence-electron chi connectivity index (χ4n) is 1.30. The van der Waals surface area contributed by atoms with E-state index in [-0.39, 0.29) is 0 Å². The van der Waals surface area contributed by atoms with Gasteiger partial charge in [0, 0.05) is 0 Å². The average Bonchev–Trinajstić information content (AvgIpc) is 2.77. The molecule has 0 atom stereocenters. The molecule has 0 bridgehead atoms. The molecule has 4 heteroatoms. The summed E-state index contributed by atoms with van der Waals surface area (Å²) in [6, 6.07) is 12.7. The fraction of sp³-hybridized carbons (Fsp3) is 0. The largest absolute Gasteiger partial charge is 0.223 e. The molecule has 0 unspecified atom stereocenters. The second-order valence-corrected chi connectivity index (χ2v) is 2.90. The molecule has 70 valence electrons. The molecule has 15 heavy (non-hydrogen) atoms. The lowest BCUT2D eigenvalue weighted by molar-refractivity contribution is 0.866. The Labute approximate surface area is 86.6 Å². The van der Waals surface area contributed by atoms with E-state index in [4.69, 9.17) is 10.5 Å². The Morgan fingerprint density at radius 3 is 2.73 bits per heavy atom. The SMILES string of the molecule is N#Cc1cccc(-n2nccc2C#N)c1. The van der Waals surface area contributed by atoms with Gasteiger partial charge in [-0.1, -0.05) is 6.07 Å². The normalized spacial score (nSPS) is 9.20. The topological polar surface area (TPSA) is 65.4 Å². The van der Waals surface area contributed by atoms with Gasteiger partial charge in [-0.3, -0.25) is 0 Å². The third kappa shape index (κ3) is 1.56. The van der Waals surface area contributed by atoms with E-state index in [2.05, 4.69) is 5.10 Å². The first-order valence-electron chi connectivity index (χ1n) is 4.30. The van der Waals surface area contributed by atoms with Crippen LogP contribution in [0, 0.1) is 22.7 Å². The van der Waals surface area contributed by atoms with Crippen LogP contribution in [0.25, 0.3) is 5.69 Å². The van der Waals surface area contributed by atoms with Crippen LogP contribution in [0.4, 0.5) is 0 Å². The van der Waals surface area contributed by atoms with Crippen LogP contribution in [0.2, 0.25) is 0 Å². The molecule has 0 fully saturated rings. The Kier molecular flexibility index (Phi) is 2.19. The van der Waals surface area contributed by atoms with Gasteiger partial charge in [0.15, 0.2) is 0 Å². The highest BCUT2D eigenvalue weighted by atomic mass is 15.3. The molecule has 2 aromatic rings. The number of nitrogens with zero attached hydrogens (tertiary/aromatic N) is 4. The minimum absolute atomic E-state index is 0.449. The molecule has 0 aliphatic carbocycles. The average molecular weight is 194 g/mol. The Balaban J connectivity index is 2.56. The van der Waals surface area contributed by atoms with Crippen molar-refractivity contribution < 1.29 is 0 Å². The monoisotopic (exact) mass is 194 g/mol. The molecule has 0 aliphatic heterocycles. The first-order chi connectivity index (χ1) is 7.35. The van der Waals surface area contributed by atoms with Crippen LogP contribution < -0.4 is 0 Å². The number of hydrogen-bond acceptors (Lipinski definition) is 3. The smallest absolute Gasteiger partial charge is 0.144 e. The fourth-order valence-corrected chi connectivity index (χ4v) is 1.30. The van der Waals surface area contributed by atoms with Crippen molar-refractivity contribution in [1.82, 2.24) is 9.78 Å². The number of nitriles is 2. The molecule has 1 aromatic carbocycles. The van der Waals surface area contributed by atoms with Gasteiger partial charge in [-0.15, -0.1) is 0 Å². The number of rotatable bonds is 1. The third-order valence-electron chi connectivity index (χ3n) is 1.98. The number of hydrogen-bond donors (Lipinski definition) is 0. The zero-order valence-corrected chi connectivity index (χ0v) is 7.75. The van der Waals surface area contributed by atoms with Crippen molar-refractivity contribution in [3.05, 3.63) is 47.8 Å². The summed E-state index contributed by atoms with van der Waals surface area (Å²) in [5.74, 6) is 0. The van der Waals surface area contributed by atoms with Crippen molar-refractivity contribution in [2.24, 2.45) is 0 Å². The van der Waals surface area contributed by atoms with Crippen molar-refractivity contribution in [1.29, 1.82) is 10.5 Å². The van der Waals surface area contributed by atoms with Crippen LogP contribution in [0.3, 0.4) is 0 Å². The summed E-state index contributed by atoms with van der Waals surface area (Å²) in [5, 5.41) is 21.6. The predicted molar refractivity (Wildman–Crippen MR) is 53.0 cm³/mol. The predicted octanol–water partition coefficient (Wildman–Crippen LogP) is 1.62. The molecule has 0 spiro atoms. The molecule has 4 nitrogen and oxygen atoms in total. The summed E-state index contributed by atoms with van der Waals surface area (Å²) in [6.45, 7) is 0. The Hall–Kier alpha value is -2.59. The molecular weight excluding hydrogens is 188 g/mol. The lowest BCUT2D eigenvalue weighted by atomic mass is 10.2. The van der Waals surface area contributed by atoms with E-state index >= 15 is 0 Å². The van der Waals surface area contributed by atoms with Crippen molar-refractivity contribution in [3.63, 3.8) is 0 Å². The second kappa shape index (κ2) is 3.65. The molecule has 1 heterocycles. The molecular formula is C11H6N4. The van der Waals surface area contributed by atoms with E-state index in [1.807, 2.05) is 12.1 Å². The first-order valence-corrected chi connectivity index (χ1v) is 4.30. The van der Waals surface area contributed by atoms with E-state index < -0.39 is 0 Å². The van der Waals surface area contributed by atoms with Gasteiger partial charge >= 0.3 is 0 Å². The van der Waals surface area contributed by atoms with Gasteiger partial charge in [0.2, 0.25) is 0 Å². The zero-order chi connectivity index (χ0) is 10.7. The van der Waals surface area contributed by atoms with Gasteiger partial charge in [0.05, 0.1) is 23.5 Å². The molecule has 0 radical (unpaired) electrons. The molecule has 0 saturated carbocycles. The zero-order valence-electron chi connectivity index (χ0n) is 7.75. The van der Waals surface area contributed by atoms with E-state index in [1.165, 1.54) is 4.68 Å².